The first-order valence-corrected chi connectivity index (χ1v) is 9.11. The van der Waals surface area contributed by atoms with Crippen molar-refractivity contribution in [2.75, 3.05) is 25.4 Å². The Kier molecular flexibility index (Phi) is 8.10. The van der Waals surface area contributed by atoms with Gasteiger partial charge in [-0.25, -0.2) is 0 Å². The maximum absolute atomic E-state index is 6.39. The lowest BCUT2D eigenvalue weighted by Gasteiger charge is -2.22. The fraction of sp³-hybridized carbons (Fsp3) is 0.647. The molecule has 1 rings (SSSR count). The van der Waals surface area contributed by atoms with Crippen molar-refractivity contribution >= 4 is 23.4 Å². The lowest BCUT2D eigenvalue weighted by atomic mass is 10.1. The highest BCUT2D eigenvalue weighted by molar-refractivity contribution is 7.99. The van der Waals surface area contributed by atoms with Crippen LogP contribution < -0.4 is 5.32 Å². The van der Waals surface area contributed by atoms with E-state index in [1.165, 1.54) is 10.5 Å². The van der Waals surface area contributed by atoms with Gasteiger partial charge in [-0.1, -0.05) is 31.5 Å². The van der Waals surface area contributed by atoms with E-state index in [0.29, 0.717) is 0 Å². The molecule has 0 spiro atoms. The van der Waals surface area contributed by atoms with Crippen molar-refractivity contribution in [1.82, 2.24) is 10.2 Å². The third-order valence-corrected chi connectivity index (χ3v) is 4.87. The highest BCUT2D eigenvalue weighted by atomic mass is 35.5. The van der Waals surface area contributed by atoms with E-state index in [-0.39, 0.29) is 5.54 Å². The van der Waals surface area contributed by atoms with Crippen molar-refractivity contribution in [2.45, 2.75) is 51.6 Å². The number of nitrogens with one attached hydrogen (secondary N) is 1. The lowest BCUT2D eigenvalue weighted by Crippen LogP contribution is -2.35. The molecule has 4 heteroatoms. The number of thioether (sulfide) groups is 1. The quantitative estimate of drug-likeness (QED) is 0.698. The molecule has 1 aromatic carbocycles. The van der Waals surface area contributed by atoms with Gasteiger partial charge in [-0.05, 0) is 51.6 Å². The minimum Gasteiger partial charge on any atom is -0.308 e. The highest BCUT2D eigenvalue weighted by Gasteiger charge is 2.13. The molecule has 0 amide bonds. The number of hydrogen-bond acceptors (Lipinski definition) is 3. The van der Waals surface area contributed by atoms with Crippen molar-refractivity contribution in [3.8, 4) is 0 Å². The second-order valence-corrected chi connectivity index (χ2v) is 7.74. The molecule has 0 atom stereocenters. The highest BCUT2D eigenvalue weighted by Crippen LogP contribution is 2.29. The summed E-state index contributed by atoms with van der Waals surface area (Å²) in [7, 11) is 0. The Labute approximate surface area is 139 Å². The van der Waals surface area contributed by atoms with Gasteiger partial charge in [-0.15, -0.1) is 11.8 Å². The second kappa shape index (κ2) is 9.04. The molecule has 0 aromatic heterocycles. The minimum atomic E-state index is 0.0995. The molecule has 0 aliphatic heterocycles. The monoisotopic (exact) mass is 328 g/mol. The van der Waals surface area contributed by atoms with Crippen LogP contribution >= 0.6 is 23.4 Å². The van der Waals surface area contributed by atoms with Gasteiger partial charge in [0.25, 0.3) is 0 Å². The van der Waals surface area contributed by atoms with E-state index in [2.05, 4.69) is 50.9 Å². The molecule has 21 heavy (non-hydrogen) atoms. The van der Waals surface area contributed by atoms with Crippen molar-refractivity contribution in [1.29, 1.82) is 0 Å². The van der Waals surface area contributed by atoms with Crippen molar-refractivity contribution in [3.63, 3.8) is 0 Å². The fourth-order valence-electron chi connectivity index (χ4n) is 2.02. The summed E-state index contributed by atoms with van der Waals surface area (Å²) >= 11 is 8.30. The van der Waals surface area contributed by atoms with Crippen LogP contribution in [0, 0.1) is 0 Å². The SMILES string of the molecule is CCN(CC)CCSc1cccc(Cl)c1CNC(C)(C)C. The van der Waals surface area contributed by atoms with Gasteiger partial charge in [-0.2, -0.15) is 0 Å². The summed E-state index contributed by atoms with van der Waals surface area (Å²) in [6, 6.07) is 6.21. The van der Waals surface area contributed by atoms with Gasteiger partial charge in [0, 0.05) is 34.3 Å². The topological polar surface area (TPSA) is 15.3 Å². The molecular weight excluding hydrogens is 300 g/mol. The van der Waals surface area contributed by atoms with Crippen LogP contribution in [0.1, 0.15) is 40.2 Å². The van der Waals surface area contributed by atoms with Gasteiger partial charge >= 0.3 is 0 Å². The second-order valence-electron chi connectivity index (χ2n) is 6.20. The third-order valence-electron chi connectivity index (χ3n) is 3.43. The largest absolute Gasteiger partial charge is 0.308 e. The summed E-state index contributed by atoms with van der Waals surface area (Å²) in [5, 5.41) is 4.39. The van der Waals surface area contributed by atoms with Crippen molar-refractivity contribution < 1.29 is 0 Å². The summed E-state index contributed by atoms with van der Waals surface area (Å²) < 4.78 is 0. The van der Waals surface area contributed by atoms with Crippen LogP contribution in [0.25, 0.3) is 0 Å². The zero-order valence-corrected chi connectivity index (χ0v) is 15.6. The maximum atomic E-state index is 6.39. The van der Waals surface area contributed by atoms with E-state index in [1.807, 2.05) is 23.9 Å². The number of halogens is 1. The summed E-state index contributed by atoms with van der Waals surface area (Å²) in [5.41, 5.74) is 1.32. The Morgan fingerprint density at radius 2 is 1.86 bits per heavy atom. The first-order chi connectivity index (χ1) is 9.87. The van der Waals surface area contributed by atoms with E-state index in [4.69, 9.17) is 11.6 Å². The molecule has 0 aliphatic carbocycles. The normalized spacial score (nSPS) is 12.1. The van der Waals surface area contributed by atoms with Crippen LogP contribution in [-0.2, 0) is 6.54 Å². The minimum absolute atomic E-state index is 0.0995. The molecule has 0 radical (unpaired) electrons. The summed E-state index contributed by atoms with van der Waals surface area (Å²) in [5.74, 6) is 1.10. The van der Waals surface area contributed by atoms with Gasteiger partial charge in [-0.3, -0.25) is 0 Å². The van der Waals surface area contributed by atoms with Gasteiger partial charge in [0.1, 0.15) is 0 Å². The Morgan fingerprint density at radius 3 is 2.43 bits per heavy atom. The zero-order valence-electron chi connectivity index (χ0n) is 14.0. The van der Waals surface area contributed by atoms with Gasteiger partial charge in [0.05, 0.1) is 0 Å². The molecule has 0 saturated carbocycles. The Morgan fingerprint density at radius 1 is 1.19 bits per heavy atom. The molecule has 0 heterocycles. The average molecular weight is 329 g/mol. The number of nitrogens with zero attached hydrogens (tertiary/aromatic N) is 1. The molecule has 1 aromatic rings. The summed E-state index contributed by atoms with van der Waals surface area (Å²) in [6.07, 6.45) is 0. The van der Waals surface area contributed by atoms with E-state index >= 15 is 0 Å². The van der Waals surface area contributed by atoms with Crippen LogP contribution in [0.15, 0.2) is 23.1 Å². The first kappa shape index (κ1) is 18.8. The third kappa shape index (κ3) is 7.05. The average Bonchev–Trinajstić information content (AvgIpc) is 2.41. The standard InChI is InChI=1S/C17H29ClN2S/c1-6-20(7-2)11-12-21-16-10-8-9-15(18)14(16)13-19-17(3,4)5/h8-10,19H,6-7,11-13H2,1-5H3. The molecule has 0 bridgehead atoms. The van der Waals surface area contributed by atoms with Gasteiger partial charge in [0.15, 0.2) is 0 Å². The van der Waals surface area contributed by atoms with E-state index in [0.717, 1.165) is 37.0 Å². The van der Waals surface area contributed by atoms with Crippen LogP contribution in [0.3, 0.4) is 0 Å². The van der Waals surface area contributed by atoms with Crippen molar-refractivity contribution in [3.05, 3.63) is 28.8 Å². The maximum Gasteiger partial charge on any atom is 0.0462 e. The van der Waals surface area contributed by atoms with E-state index in [9.17, 15) is 0 Å². The summed E-state index contributed by atoms with van der Waals surface area (Å²) in [6.45, 7) is 15.1. The number of benzene rings is 1. The zero-order chi connectivity index (χ0) is 15.9. The molecule has 1 N–H and O–H groups in total. The molecule has 0 fully saturated rings. The molecule has 0 unspecified atom stereocenters. The first-order valence-electron chi connectivity index (χ1n) is 7.75. The Bertz CT molecular complexity index is 425. The van der Waals surface area contributed by atoms with Gasteiger partial charge < -0.3 is 10.2 Å². The summed E-state index contributed by atoms with van der Waals surface area (Å²) in [4.78, 5) is 3.75. The predicted octanol–water partition coefficient (Wildman–Crippen LogP) is 4.66. The lowest BCUT2D eigenvalue weighted by molar-refractivity contribution is 0.324. The van der Waals surface area contributed by atoms with Crippen LogP contribution in [0.2, 0.25) is 5.02 Å². The van der Waals surface area contributed by atoms with E-state index < -0.39 is 0 Å². The molecule has 120 valence electrons. The molecule has 2 nitrogen and oxygen atoms in total. The van der Waals surface area contributed by atoms with Crippen molar-refractivity contribution in [2.24, 2.45) is 0 Å². The predicted molar refractivity (Wildman–Crippen MR) is 96.6 cm³/mol. The molecule has 0 saturated heterocycles. The van der Waals surface area contributed by atoms with Crippen LogP contribution in [0.4, 0.5) is 0 Å². The Hall–Kier alpha value is -0.220. The molecular formula is C17H29ClN2S. The molecule has 0 aliphatic rings. The van der Waals surface area contributed by atoms with Gasteiger partial charge in [0.2, 0.25) is 0 Å². The number of hydrogen-bond donors (Lipinski definition) is 1. The van der Waals surface area contributed by atoms with Crippen LogP contribution in [-0.4, -0.2) is 35.8 Å². The number of rotatable bonds is 8. The smallest absolute Gasteiger partial charge is 0.0462 e. The Balaban J connectivity index is 2.66. The van der Waals surface area contributed by atoms with Crippen LogP contribution in [0.5, 0.6) is 0 Å². The van der Waals surface area contributed by atoms with E-state index in [1.54, 1.807) is 0 Å². The fourth-order valence-corrected chi connectivity index (χ4v) is 3.42.